The van der Waals surface area contributed by atoms with Crippen LogP contribution < -0.4 is 62.1 Å². The van der Waals surface area contributed by atoms with E-state index in [0.29, 0.717) is 212 Å². The van der Waals surface area contributed by atoms with Gasteiger partial charge in [0.15, 0.2) is 23.3 Å². The molecule has 0 aliphatic carbocycles. The Morgan fingerprint density at radius 3 is 0.613 bits per heavy atom. The lowest BCUT2D eigenvalue weighted by Gasteiger charge is -2.36. The van der Waals surface area contributed by atoms with E-state index in [1.54, 1.807) is 0 Å². The van der Waals surface area contributed by atoms with Crippen LogP contribution in [0.25, 0.3) is 45.6 Å². The van der Waals surface area contributed by atoms with Gasteiger partial charge in [0.2, 0.25) is 71.4 Å². The molecule has 8 N–H and O–H groups in total. The number of nitrogens with zero attached hydrogens (tertiary/aromatic N) is 28. The van der Waals surface area contributed by atoms with E-state index in [9.17, 15) is 35.1 Å². The molecule has 119 heavy (non-hydrogen) atoms. The van der Waals surface area contributed by atoms with Gasteiger partial charge in [0, 0.05) is 83.7 Å². The Bertz CT molecular complexity index is 4260. The van der Waals surface area contributed by atoms with Crippen molar-refractivity contribution in [3.05, 3.63) is 47.6 Å². The summed E-state index contributed by atoms with van der Waals surface area (Å²) in [4.78, 5) is 101. The van der Waals surface area contributed by atoms with Gasteiger partial charge in [0.1, 0.15) is 22.8 Å². The quantitative estimate of drug-likeness (QED) is 0.0943. The van der Waals surface area contributed by atoms with Gasteiger partial charge in [0.25, 0.3) is 25.7 Å². The maximum Gasteiger partial charge on any atom is 0.281 e. The molecule has 0 unspecified atom stereocenters. The number of aromatic nitrogens is 20. The summed E-state index contributed by atoms with van der Waals surface area (Å²) in [5.41, 5.74) is 20.2. The minimum atomic E-state index is -2.85. The highest BCUT2D eigenvalue weighted by atomic mass is 19.3. The SMILES string of the molecule is C[C@H]1COCCN1c1nc(-c2cnc(N)nc2C(F)F)nc(N2CCOCC2)n1.C[C@H]1COCCN1c1nc(-c2cnc(N)nc2C(F)F)nc(N2CCOC[C@@H]2C)n1.C[C@H]1COCCN1c1nc(-c2cnc(N)nc2C(F)F)nc(N2CCOC[C@@H]2C)n1.C[C@H]1COCCN1c1nc(-c2cnc(N)nc2C(F)F)nc(N2CCOC[C@@H]2C)n1. The average Bonchev–Trinajstić information content (AvgIpc) is 0.794. The Balaban J connectivity index is 0.000000137. The normalized spacial score (nSPS) is 22.0. The highest BCUT2D eigenvalue weighted by Gasteiger charge is 2.36. The first-order chi connectivity index (χ1) is 57.3. The van der Waals surface area contributed by atoms with Gasteiger partial charge in [-0.25, -0.2) is 75.0 Å². The minimum Gasteiger partial charge on any atom is -0.378 e. The van der Waals surface area contributed by atoms with Crippen LogP contribution in [0.2, 0.25) is 0 Å². The Kier molecular flexibility index (Phi) is 28.4. The Morgan fingerprint density at radius 1 is 0.252 bits per heavy atom. The Hall–Kier alpha value is -10.9. The van der Waals surface area contributed by atoms with Crippen molar-refractivity contribution < 1.29 is 73.0 Å². The molecule has 8 aromatic rings. The number of ether oxygens (including phenoxy) is 8. The molecule has 16 heterocycles. The number of alkyl halides is 8. The van der Waals surface area contributed by atoms with Crippen LogP contribution in [0.3, 0.4) is 0 Å². The van der Waals surface area contributed by atoms with Crippen LogP contribution in [-0.4, -0.2) is 307 Å². The van der Waals surface area contributed by atoms with Crippen LogP contribution in [0, 0.1) is 0 Å². The fraction of sp³-hybridized carbons (Fsp3) is 0.606. The van der Waals surface area contributed by atoms with Crippen LogP contribution in [0.1, 0.15) is 96.9 Å². The number of rotatable bonds is 16. The van der Waals surface area contributed by atoms with Gasteiger partial charge in [-0.3, -0.25) is 0 Å². The smallest absolute Gasteiger partial charge is 0.281 e. The number of hydrogen-bond acceptors (Lipinski definition) is 40. The molecule has 8 aliphatic heterocycles. The van der Waals surface area contributed by atoms with E-state index in [1.165, 1.54) is 24.8 Å². The van der Waals surface area contributed by atoms with Gasteiger partial charge in [-0.1, -0.05) is 0 Å². The summed E-state index contributed by atoms with van der Waals surface area (Å²) in [6.07, 6.45) is -6.45. The third-order valence-corrected chi connectivity index (χ3v) is 20.3. The standard InChI is InChI=1S/3C18H24F2N8O2.C17H22F2N8O2/c3*1-10-8-29-5-3-27(10)17-24-15(12-7-22-16(21)23-13(12)14(19)20)25-18(26-17)28-4-6-30-9-11(28)2;1-10-9-29-7-4-27(10)17-24-14(11-8-21-15(20)22-12(11)13(18)19)23-16(25-17)26-2-5-28-6-3-26/h3*7,10-11,14H,3-6,8-9H2,1-2H3,(H2,21,22,23);8,10,13H,2-7,9H2,1H3,(H2,20,21,22)/t3*10-,11-;10-/m0000/s1. The fourth-order valence-electron chi connectivity index (χ4n) is 13.9. The molecular formula is C71H94F8N32O8. The monoisotopic (exact) mass is 1670 g/mol. The van der Waals surface area contributed by atoms with Crippen molar-refractivity contribution in [2.24, 2.45) is 0 Å². The lowest BCUT2D eigenvalue weighted by Crippen LogP contribution is -2.46. The highest BCUT2D eigenvalue weighted by molar-refractivity contribution is 5.66. The Labute approximate surface area is 678 Å². The van der Waals surface area contributed by atoms with Crippen LogP contribution in [0.4, 0.5) is 107 Å². The summed E-state index contributed by atoms with van der Waals surface area (Å²) >= 11 is 0. The summed E-state index contributed by atoms with van der Waals surface area (Å²) in [6, 6.07) is 0.209. The molecule has 48 heteroatoms. The van der Waals surface area contributed by atoms with Crippen molar-refractivity contribution in [2.75, 3.05) is 227 Å². The Morgan fingerprint density at radius 2 is 0.429 bits per heavy atom. The second kappa shape index (κ2) is 39.3. The van der Waals surface area contributed by atoms with Gasteiger partial charge < -0.3 is 100 Å². The number of nitrogens with two attached hydrogens (primary N) is 4. The van der Waals surface area contributed by atoms with Gasteiger partial charge in [-0.15, -0.1) is 0 Å². The molecule has 8 aromatic heterocycles. The summed E-state index contributed by atoms with van der Waals surface area (Å²) in [7, 11) is 0. The molecule has 8 fully saturated rings. The predicted octanol–water partition coefficient (Wildman–Crippen LogP) is 4.81. The zero-order chi connectivity index (χ0) is 84.1. The molecule has 8 saturated heterocycles. The molecule has 7 atom stereocenters. The molecule has 0 amide bonds. The molecule has 0 radical (unpaired) electrons. The van der Waals surface area contributed by atoms with Crippen molar-refractivity contribution >= 4 is 71.4 Å². The summed E-state index contributed by atoms with van der Waals surface area (Å²) < 4.78 is 153. The maximum atomic E-state index is 13.7. The van der Waals surface area contributed by atoms with Gasteiger partial charge in [-0.2, -0.15) is 59.8 Å². The van der Waals surface area contributed by atoms with Crippen molar-refractivity contribution in [1.29, 1.82) is 0 Å². The van der Waals surface area contributed by atoms with E-state index in [0.717, 1.165) is 0 Å². The van der Waals surface area contributed by atoms with Gasteiger partial charge in [0.05, 0.1) is 170 Å². The third-order valence-electron chi connectivity index (χ3n) is 20.3. The van der Waals surface area contributed by atoms with Crippen molar-refractivity contribution in [2.45, 2.75) is 116 Å². The molecule has 0 aromatic carbocycles. The molecule has 8 aliphatic rings. The van der Waals surface area contributed by atoms with Crippen molar-refractivity contribution in [3.8, 4) is 45.6 Å². The van der Waals surface area contributed by atoms with Gasteiger partial charge >= 0.3 is 0 Å². The lowest BCUT2D eigenvalue weighted by atomic mass is 10.2. The molecular weight excluding hydrogens is 1580 g/mol. The van der Waals surface area contributed by atoms with Gasteiger partial charge in [-0.05, 0) is 48.5 Å². The second-order valence-corrected chi connectivity index (χ2v) is 28.8. The number of morpholine rings is 8. The van der Waals surface area contributed by atoms with E-state index in [2.05, 4.69) is 99.7 Å². The minimum absolute atomic E-state index is 0.0289. The zero-order valence-corrected chi connectivity index (χ0v) is 66.5. The summed E-state index contributed by atoms with van der Waals surface area (Å²) in [6.45, 7) is 27.7. The number of halogens is 8. The molecule has 642 valence electrons. The number of hydrogen-bond donors (Lipinski definition) is 4. The molecule has 0 saturated carbocycles. The summed E-state index contributed by atoms with van der Waals surface area (Å²) in [5, 5.41) is 0. The largest absolute Gasteiger partial charge is 0.378 e. The lowest BCUT2D eigenvalue weighted by molar-refractivity contribution is 0.0968. The van der Waals surface area contributed by atoms with Crippen LogP contribution >= 0.6 is 0 Å². The first kappa shape index (κ1) is 85.9. The van der Waals surface area contributed by atoms with Crippen LogP contribution in [0.15, 0.2) is 24.8 Å². The number of anilines is 12. The fourth-order valence-corrected chi connectivity index (χ4v) is 13.9. The molecule has 0 spiro atoms. The van der Waals surface area contributed by atoms with Crippen molar-refractivity contribution in [3.63, 3.8) is 0 Å². The topological polar surface area (TPSA) is 462 Å². The predicted molar refractivity (Wildman–Crippen MR) is 417 cm³/mol. The van der Waals surface area contributed by atoms with E-state index in [-0.39, 0.29) is 112 Å². The van der Waals surface area contributed by atoms with Crippen molar-refractivity contribution in [1.82, 2.24) is 99.7 Å². The highest BCUT2D eigenvalue weighted by Crippen LogP contribution is 2.37. The van der Waals surface area contributed by atoms with Crippen LogP contribution in [-0.2, 0) is 37.9 Å². The molecule has 16 rings (SSSR count). The molecule has 0 bridgehead atoms. The first-order valence-electron chi connectivity index (χ1n) is 38.8. The summed E-state index contributed by atoms with van der Waals surface area (Å²) in [5.74, 6) is 2.67. The van der Waals surface area contributed by atoms with E-state index in [1.807, 2.05) is 87.7 Å². The van der Waals surface area contributed by atoms with E-state index >= 15 is 0 Å². The third kappa shape index (κ3) is 20.9. The second-order valence-electron chi connectivity index (χ2n) is 28.8. The number of nitrogen functional groups attached to an aromatic ring is 4. The average molecular weight is 1680 g/mol. The zero-order valence-electron chi connectivity index (χ0n) is 66.5. The first-order valence-corrected chi connectivity index (χ1v) is 38.8. The van der Waals surface area contributed by atoms with E-state index in [4.69, 9.17) is 60.8 Å². The molecule has 40 nitrogen and oxygen atoms in total. The van der Waals surface area contributed by atoms with E-state index < -0.39 is 48.5 Å². The maximum absolute atomic E-state index is 13.7. The van der Waals surface area contributed by atoms with Crippen LogP contribution in [0.5, 0.6) is 0 Å².